The average molecular weight is 324 g/mol. The molecule has 2 rings (SSSR count). The highest BCUT2D eigenvalue weighted by Crippen LogP contribution is 2.28. The van der Waals surface area contributed by atoms with E-state index in [0.29, 0.717) is 11.7 Å². The lowest BCUT2D eigenvalue weighted by Crippen LogP contribution is -2.10. The molecule has 0 aliphatic carbocycles. The fourth-order valence-electron chi connectivity index (χ4n) is 2.01. The molecular formula is C14H18BrN3O. The van der Waals surface area contributed by atoms with Crippen LogP contribution in [-0.4, -0.2) is 19.9 Å². The summed E-state index contributed by atoms with van der Waals surface area (Å²) in [6.45, 7) is 7.01. The van der Waals surface area contributed by atoms with Gasteiger partial charge in [-0.1, -0.05) is 35.8 Å². The maximum absolute atomic E-state index is 9.37. The van der Waals surface area contributed by atoms with Crippen molar-refractivity contribution in [2.75, 3.05) is 0 Å². The first-order valence-corrected chi connectivity index (χ1v) is 7.11. The number of aliphatic hydroxyl groups is 1. The number of rotatable bonds is 4. The zero-order valence-electron chi connectivity index (χ0n) is 11.4. The normalized spacial score (nSPS) is 11.3. The maximum atomic E-state index is 9.37. The summed E-state index contributed by atoms with van der Waals surface area (Å²) in [7, 11) is 0. The van der Waals surface area contributed by atoms with Gasteiger partial charge in [-0.25, -0.2) is 0 Å². The summed E-state index contributed by atoms with van der Waals surface area (Å²) in [6.07, 6.45) is 0. The first-order valence-electron chi connectivity index (χ1n) is 6.32. The molecule has 0 fully saturated rings. The summed E-state index contributed by atoms with van der Waals surface area (Å²) in [5, 5.41) is 17.7. The van der Waals surface area contributed by atoms with Gasteiger partial charge in [0.05, 0.1) is 0 Å². The van der Waals surface area contributed by atoms with Crippen LogP contribution in [0.3, 0.4) is 0 Å². The lowest BCUT2D eigenvalue weighted by molar-refractivity contribution is 0.262. The molecule has 0 spiro atoms. The number of aryl methyl sites for hydroxylation is 1. The van der Waals surface area contributed by atoms with Gasteiger partial charge in [-0.15, -0.1) is 10.2 Å². The van der Waals surface area contributed by atoms with Gasteiger partial charge in [0.1, 0.15) is 6.61 Å². The topological polar surface area (TPSA) is 50.9 Å². The van der Waals surface area contributed by atoms with Crippen LogP contribution < -0.4 is 0 Å². The Labute approximate surface area is 121 Å². The van der Waals surface area contributed by atoms with Gasteiger partial charge in [-0.2, -0.15) is 0 Å². The van der Waals surface area contributed by atoms with Crippen molar-refractivity contribution in [2.45, 2.75) is 33.9 Å². The second-order valence-electron chi connectivity index (χ2n) is 5.09. The first kappa shape index (κ1) is 14.2. The van der Waals surface area contributed by atoms with Crippen molar-refractivity contribution in [1.82, 2.24) is 14.8 Å². The molecule has 19 heavy (non-hydrogen) atoms. The Morgan fingerprint density at radius 1 is 1.32 bits per heavy atom. The van der Waals surface area contributed by atoms with E-state index in [1.807, 2.05) is 23.6 Å². The molecule has 1 aromatic heterocycles. The monoisotopic (exact) mass is 323 g/mol. The van der Waals surface area contributed by atoms with Crippen LogP contribution in [0.1, 0.15) is 25.2 Å². The Bertz CT molecular complexity index is 578. The van der Waals surface area contributed by atoms with Crippen LogP contribution in [0.25, 0.3) is 11.4 Å². The van der Waals surface area contributed by atoms with E-state index < -0.39 is 0 Å². The molecule has 0 aliphatic rings. The summed E-state index contributed by atoms with van der Waals surface area (Å²) in [6, 6.07) is 6.14. The third kappa shape index (κ3) is 3.04. The summed E-state index contributed by atoms with van der Waals surface area (Å²) in [5.74, 6) is 1.87. The Kier molecular flexibility index (Phi) is 4.37. The van der Waals surface area contributed by atoms with Gasteiger partial charge in [0.2, 0.25) is 0 Å². The van der Waals surface area contributed by atoms with Crippen molar-refractivity contribution in [3.8, 4) is 11.4 Å². The Morgan fingerprint density at radius 3 is 2.63 bits per heavy atom. The van der Waals surface area contributed by atoms with E-state index in [1.165, 1.54) is 5.56 Å². The summed E-state index contributed by atoms with van der Waals surface area (Å²) in [5.41, 5.74) is 2.19. The van der Waals surface area contributed by atoms with Crippen LogP contribution in [-0.2, 0) is 13.2 Å². The molecular weight excluding hydrogens is 306 g/mol. The van der Waals surface area contributed by atoms with Crippen LogP contribution in [0.2, 0.25) is 0 Å². The van der Waals surface area contributed by atoms with Gasteiger partial charge in [-0.3, -0.25) is 0 Å². The van der Waals surface area contributed by atoms with Gasteiger partial charge in [0, 0.05) is 16.6 Å². The predicted octanol–water partition coefficient (Wildman–Crippen LogP) is 3.16. The molecule has 0 unspecified atom stereocenters. The van der Waals surface area contributed by atoms with Crippen molar-refractivity contribution >= 4 is 15.9 Å². The molecule has 1 N–H and O–H groups in total. The number of nitrogens with zero attached hydrogens (tertiary/aromatic N) is 3. The van der Waals surface area contributed by atoms with Crippen molar-refractivity contribution in [2.24, 2.45) is 5.92 Å². The summed E-state index contributed by atoms with van der Waals surface area (Å²) < 4.78 is 2.98. The quantitative estimate of drug-likeness (QED) is 0.940. The fourth-order valence-corrected chi connectivity index (χ4v) is 2.68. The van der Waals surface area contributed by atoms with Gasteiger partial charge in [0.25, 0.3) is 0 Å². The third-order valence-electron chi connectivity index (χ3n) is 2.88. The van der Waals surface area contributed by atoms with Gasteiger partial charge < -0.3 is 9.67 Å². The molecule has 0 atom stereocenters. The van der Waals surface area contributed by atoms with Gasteiger partial charge in [-0.05, 0) is 30.5 Å². The van der Waals surface area contributed by atoms with Crippen molar-refractivity contribution in [3.63, 3.8) is 0 Å². The maximum Gasteiger partial charge on any atom is 0.165 e. The molecule has 0 aliphatic heterocycles. The number of hydrogen-bond donors (Lipinski definition) is 1. The smallest absolute Gasteiger partial charge is 0.165 e. The van der Waals surface area contributed by atoms with Crippen LogP contribution in [0.4, 0.5) is 0 Å². The number of hydrogen-bond acceptors (Lipinski definition) is 3. The minimum atomic E-state index is -0.0940. The molecule has 0 bridgehead atoms. The zero-order chi connectivity index (χ0) is 14.0. The largest absolute Gasteiger partial charge is 0.388 e. The van der Waals surface area contributed by atoms with E-state index in [9.17, 15) is 5.11 Å². The van der Waals surface area contributed by atoms with Crippen LogP contribution in [0.5, 0.6) is 0 Å². The van der Waals surface area contributed by atoms with E-state index in [1.54, 1.807) is 0 Å². The molecule has 1 heterocycles. The number of aromatic nitrogens is 3. The van der Waals surface area contributed by atoms with E-state index in [2.05, 4.69) is 46.0 Å². The minimum absolute atomic E-state index is 0.0940. The van der Waals surface area contributed by atoms with Crippen LogP contribution in [0.15, 0.2) is 22.7 Å². The molecule has 4 nitrogen and oxygen atoms in total. The number of benzene rings is 1. The molecule has 0 saturated heterocycles. The first-order chi connectivity index (χ1) is 9.02. The molecule has 102 valence electrons. The molecule has 1 aromatic carbocycles. The number of halogens is 1. The van der Waals surface area contributed by atoms with Crippen LogP contribution in [0, 0.1) is 12.8 Å². The Balaban J connectivity index is 2.52. The molecule has 2 aromatic rings. The lowest BCUT2D eigenvalue weighted by Gasteiger charge is -2.13. The molecule has 5 heteroatoms. The van der Waals surface area contributed by atoms with E-state index in [0.717, 1.165) is 22.4 Å². The summed E-state index contributed by atoms with van der Waals surface area (Å²) in [4.78, 5) is 0. The molecule has 0 amide bonds. The summed E-state index contributed by atoms with van der Waals surface area (Å²) >= 11 is 3.57. The highest BCUT2D eigenvalue weighted by atomic mass is 79.9. The average Bonchev–Trinajstić information content (AvgIpc) is 2.71. The van der Waals surface area contributed by atoms with Gasteiger partial charge >= 0.3 is 0 Å². The van der Waals surface area contributed by atoms with E-state index in [-0.39, 0.29) is 6.61 Å². The van der Waals surface area contributed by atoms with Gasteiger partial charge in [0.15, 0.2) is 11.6 Å². The van der Waals surface area contributed by atoms with Crippen molar-refractivity contribution < 1.29 is 5.11 Å². The van der Waals surface area contributed by atoms with Crippen molar-refractivity contribution in [1.29, 1.82) is 0 Å². The number of aliphatic hydroxyl groups excluding tert-OH is 1. The minimum Gasteiger partial charge on any atom is -0.388 e. The predicted molar refractivity (Wildman–Crippen MR) is 78.7 cm³/mol. The highest BCUT2D eigenvalue weighted by molar-refractivity contribution is 9.10. The Hall–Kier alpha value is -1.20. The second-order valence-corrected chi connectivity index (χ2v) is 5.94. The fraction of sp³-hybridized carbons (Fsp3) is 0.429. The van der Waals surface area contributed by atoms with Crippen LogP contribution >= 0.6 is 15.9 Å². The Morgan fingerprint density at radius 2 is 2.05 bits per heavy atom. The zero-order valence-corrected chi connectivity index (χ0v) is 13.0. The molecule has 0 radical (unpaired) electrons. The second kappa shape index (κ2) is 5.84. The van der Waals surface area contributed by atoms with E-state index in [4.69, 9.17) is 0 Å². The lowest BCUT2D eigenvalue weighted by atomic mass is 10.1. The molecule has 0 saturated carbocycles. The standard InChI is InChI=1S/C14H18BrN3O/c1-9(2)7-18-13(8-19)16-17-14(18)11-5-4-10(3)6-12(11)15/h4-6,9,19H,7-8H2,1-3H3. The van der Waals surface area contributed by atoms with E-state index >= 15 is 0 Å². The highest BCUT2D eigenvalue weighted by Gasteiger charge is 2.16. The van der Waals surface area contributed by atoms with Crippen molar-refractivity contribution in [3.05, 3.63) is 34.1 Å². The SMILES string of the molecule is Cc1ccc(-c2nnc(CO)n2CC(C)C)c(Br)c1. The third-order valence-corrected chi connectivity index (χ3v) is 3.54.